The summed E-state index contributed by atoms with van der Waals surface area (Å²) in [4.78, 5) is 26.0. The van der Waals surface area contributed by atoms with Gasteiger partial charge in [-0.1, -0.05) is 0 Å². The van der Waals surface area contributed by atoms with Gasteiger partial charge < -0.3 is 5.73 Å². The van der Waals surface area contributed by atoms with Crippen LogP contribution in [0.3, 0.4) is 0 Å². The maximum absolute atomic E-state index is 11.3. The molecular formula is C10H9N5O3S. The molecular weight excluding hydrogens is 270 g/mol. The number of nitrogens with two attached hydrogens (primary N) is 1. The van der Waals surface area contributed by atoms with Crippen LogP contribution in [0.1, 0.15) is 16.2 Å². The number of primary amides is 1. The third-order valence-corrected chi connectivity index (χ3v) is 3.16. The van der Waals surface area contributed by atoms with Crippen LogP contribution in [0, 0.1) is 17.0 Å². The lowest BCUT2D eigenvalue weighted by Gasteiger charge is -2.03. The van der Waals surface area contributed by atoms with Gasteiger partial charge in [0.25, 0.3) is 5.69 Å². The second-order valence-corrected chi connectivity index (χ2v) is 4.62. The van der Waals surface area contributed by atoms with Crippen LogP contribution >= 0.6 is 11.8 Å². The van der Waals surface area contributed by atoms with E-state index in [-0.39, 0.29) is 11.3 Å². The number of nitro benzene ring substituents is 1. The van der Waals surface area contributed by atoms with Crippen LogP contribution < -0.4 is 5.73 Å². The molecule has 1 aromatic carbocycles. The van der Waals surface area contributed by atoms with Crippen molar-refractivity contribution in [1.82, 2.24) is 15.2 Å². The number of aromatic nitrogens is 3. The Morgan fingerprint density at radius 2 is 2.26 bits per heavy atom. The molecule has 1 amide bonds. The number of carbonyl (C=O) groups excluding carboxylic acids is 1. The molecule has 2 aromatic rings. The zero-order valence-corrected chi connectivity index (χ0v) is 10.6. The summed E-state index contributed by atoms with van der Waals surface area (Å²) in [5.41, 5.74) is 5.10. The molecule has 1 heterocycles. The van der Waals surface area contributed by atoms with Gasteiger partial charge in [-0.2, -0.15) is 0 Å². The Morgan fingerprint density at radius 1 is 1.53 bits per heavy atom. The van der Waals surface area contributed by atoms with Crippen LogP contribution in [-0.2, 0) is 0 Å². The van der Waals surface area contributed by atoms with E-state index in [2.05, 4.69) is 15.2 Å². The molecule has 19 heavy (non-hydrogen) atoms. The van der Waals surface area contributed by atoms with E-state index >= 15 is 0 Å². The highest BCUT2D eigenvalue weighted by molar-refractivity contribution is 7.99. The summed E-state index contributed by atoms with van der Waals surface area (Å²) >= 11 is 1.11. The van der Waals surface area contributed by atoms with Crippen molar-refractivity contribution in [3.8, 4) is 0 Å². The van der Waals surface area contributed by atoms with Crippen LogP contribution in [0.5, 0.6) is 0 Å². The Bertz CT molecular complexity index is 654. The molecule has 2 rings (SSSR count). The fourth-order valence-electron chi connectivity index (χ4n) is 1.38. The third kappa shape index (κ3) is 2.88. The molecule has 0 aliphatic carbocycles. The Morgan fingerprint density at radius 3 is 2.79 bits per heavy atom. The zero-order chi connectivity index (χ0) is 14.0. The summed E-state index contributed by atoms with van der Waals surface area (Å²) in [6.07, 6.45) is 0. The van der Waals surface area contributed by atoms with Gasteiger partial charge in [-0.15, -0.1) is 5.10 Å². The van der Waals surface area contributed by atoms with Crippen LogP contribution in [0.15, 0.2) is 28.3 Å². The van der Waals surface area contributed by atoms with Crippen molar-refractivity contribution in [2.75, 3.05) is 0 Å². The first-order valence-corrected chi connectivity index (χ1v) is 5.94. The number of amides is 1. The molecule has 0 atom stereocenters. The topological polar surface area (TPSA) is 128 Å². The van der Waals surface area contributed by atoms with Crippen molar-refractivity contribution in [3.05, 3.63) is 39.7 Å². The van der Waals surface area contributed by atoms with Gasteiger partial charge in [0, 0.05) is 17.0 Å². The zero-order valence-electron chi connectivity index (χ0n) is 9.78. The normalized spacial score (nSPS) is 10.4. The smallest absolute Gasteiger partial charge is 0.270 e. The first-order chi connectivity index (χ1) is 8.97. The second-order valence-electron chi connectivity index (χ2n) is 3.61. The van der Waals surface area contributed by atoms with E-state index in [9.17, 15) is 14.9 Å². The average Bonchev–Trinajstić information content (AvgIpc) is 2.74. The van der Waals surface area contributed by atoms with Gasteiger partial charge in [0.1, 0.15) is 5.82 Å². The van der Waals surface area contributed by atoms with E-state index in [1.165, 1.54) is 12.1 Å². The summed E-state index contributed by atoms with van der Waals surface area (Å²) in [5, 5.41) is 17.6. The lowest BCUT2D eigenvalue weighted by Crippen LogP contribution is -2.12. The molecule has 0 aliphatic rings. The standard InChI is InChI=1S/C10H9N5O3S/c1-5-12-10(14-13-5)19-8-3-2-6(15(17)18)4-7(8)9(11)16/h2-4H,1H3,(H2,11,16)(H,12,13,14). The first-order valence-electron chi connectivity index (χ1n) is 5.12. The first kappa shape index (κ1) is 13.0. The Kier molecular flexibility index (Phi) is 3.47. The molecule has 0 unspecified atom stereocenters. The highest BCUT2D eigenvalue weighted by Gasteiger charge is 2.16. The average molecular weight is 279 g/mol. The van der Waals surface area contributed by atoms with Gasteiger partial charge in [-0.25, -0.2) is 4.98 Å². The van der Waals surface area contributed by atoms with Gasteiger partial charge in [-0.3, -0.25) is 20.0 Å². The Labute approximate surface area is 111 Å². The van der Waals surface area contributed by atoms with Crippen LogP contribution in [0.2, 0.25) is 0 Å². The lowest BCUT2D eigenvalue weighted by atomic mass is 10.2. The van der Waals surface area contributed by atoms with E-state index in [0.717, 1.165) is 17.8 Å². The molecule has 0 bridgehead atoms. The number of benzene rings is 1. The third-order valence-electron chi connectivity index (χ3n) is 2.22. The van der Waals surface area contributed by atoms with E-state index < -0.39 is 10.8 Å². The Balaban J connectivity index is 2.39. The lowest BCUT2D eigenvalue weighted by molar-refractivity contribution is -0.384. The number of aromatic amines is 1. The van der Waals surface area contributed by atoms with Crippen molar-refractivity contribution in [2.24, 2.45) is 5.73 Å². The number of nitrogens with zero attached hydrogens (tertiary/aromatic N) is 3. The number of carbonyl (C=O) groups is 1. The predicted molar refractivity (Wildman–Crippen MR) is 66.9 cm³/mol. The Hall–Kier alpha value is -2.42. The van der Waals surface area contributed by atoms with Gasteiger partial charge in [0.2, 0.25) is 11.1 Å². The molecule has 0 saturated carbocycles. The van der Waals surface area contributed by atoms with E-state index in [1.807, 2.05) is 0 Å². The fraction of sp³-hybridized carbons (Fsp3) is 0.100. The molecule has 1 aromatic heterocycles. The number of hydrogen-bond acceptors (Lipinski definition) is 6. The molecule has 0 saturated heterocycles. The fourth-order valence-corrected chi connectivity index (χ4v) is 2.26. The monoisotopic (exact) mass is 279 g/mol. The largest absolute Gasteiger partial charge is 0.366 e. The van der Waals surface area contributed by atoms with Gasteiger partial charge in [0.15, 0.2) is 0 Å². The molecule has 98 valence electrons. The number of H-pyrrole nitrogens is 1. The molecule has 9 heteroatoms. The van der Waals surface area contributed by atoms with Gasteiger partial charge >= 0.3 is 0 Å². The minimum Gasteiger partial charge on any atom is -0.366 e. The van der Waals surface area contributed by atoms with E-state index in [4.69, 9.17) is 5.73 Å². The highest BCUT2D eigenvalue weighted by Crippen LogP contribution is 2.30. The van der Waals surface area contributed by atoms with E-state index in [0.29, 0.717) is 15.9 Å². The maximum atomic E-state index is 11.3. The minimum absolute atomic E-state index is 0.0710. The SMILES string of the molecule is Cc1nc(Sc2ccc([N+](=O)[O-])cc2C(N)=O)n[nH]1. The molecule has 0 fully saturated rings. The molecule has 0 radical (unpaired) electrons. The quantitative estimate of drug-likeness (QED) is 0.640. The van der Waals surface area contributed by atoms with Crippen LogP contribution in [0.25, 0.3) is 0 Å². The molecule has 0 aliphatic heterocycles. The minimum atomic E-state index is -0.738. The number of hydrogen-bond donors (Lipinski definition) is 2. The summed E-state index contributed by atoms with van der Waals surface area (Å²) < 4.78 is 0. The second kappa shape index (κ2) is 5.06. The molecule has 8 nitrogen and oxygen atoms in total. The van der Waals surface area contributed by atoms with E-state index in [1.54, 1.807) is 6.92 Å². The van der Waals surface area contributed by atoms with Crippen molar-refractivity contribution in [1.29, 1.82) is 0 Å². The number of non-ortho nitro benzene ring substituents is 1. The number of aryl methyl sites for hydroxylation is 1. The summed E-state index contributed by atoms with van der Waals surface area (Å²) in [6.45, 7) is 1.74. The number of nitro groups is 1. The molecule has 0 spiro atoms. The predicted octanol–water partition coefficient (Wildman–Crippen LogP) is 1.27. The van der Waals surface area contributed by atoms with Crippen LogP contribution in [-0.4, -0.2) is 26.0 Å². The number of nitrogens with one attached hydrogen (secondary N) is 1. The van der Waals surface area contributed by atoms with Gasteiger partial charge in [-0.05, 0) is 24.8 Å². The maximum Gasteiger partial charge on any atom is 0.270 e. The summed E-state index contributed by atoms with van der Waals surface area (Å²) in [5.74, 6) is -0.108. The van der Waals surface area contributed by atoms with Crippen molar-refractivity contribution in [2.45, 2.75) is 17.0 Å². The van der Waals surface area contributed by atoms with Crippen molar-refractivity contribution >= 4 is 23.4 Å². The molecule has 3 N–H and O–H groups in total. The highest BCUT2D eigenvalue weighted by atomic mass is 32.2. The summed E-state index contributed by atoms with van der Waals surface area (Å²) in [6, 6.07) is 3.90. The van der Waals surface area contributed by atoms with Crippen LogP contribution in [0.4, 0.5) is 5.69 Å². The van der Waals surface area contributed by atoms with Gasteiger partial charge in [0.05, 0.1) is 10.5 Å². The number of rotatable bonds is 4. The van der Waals surface area contributed by atoms with Crippen molar-refractivity contribution in [3.63, 3.8) is 0 Å². The summed E-state index contributed by atoms with van der Waals surface area (Å²) in [7, 11) is 0. The van der Waals surface area contributed by atoms with Crippen molar-refractivity contribution < 1.29 is 9.72 Å².